The molecule has 0 amide bonds. The quantitative estimate of drug-likeness (QED) is 0.576. The number of hydrogen-bond acceptors (Lipinski definition) is 3. The van der Waals surface area contributed by atoms with E-state index < -0.39 is 0 Å². The van der Waals surface area contributed by atoms with Crippen LogP contribution in [0.2, 0.25) is 0 Å². The van der Waals surface area contributed by atoms with Crippen LogP contribution in [0.5, 0.6) is 0 Å². The maximum absolute atomic E-state index is 5.66. The lowest BCUT2D eigenvalue weighted by Gasteiger charge is -2.28. The molecule has 0 aromatic heterocycles. The molecule has 0 aromatic carbocycles. The van der Waals surface area contributed by atoms with Crippen LogP contribution in [-0.4, -0.2) is 17.5 Å². The van der Waals surface area contributed by atoms with Gasteiger partial charge in [-0.1, -0.05) is 20.8 Å². The zero-order chi connectivity index (χ0) is 12.0. The SMILES string of the molecule is CC(C)(C)CCC(CC1CCSCC1)NN. The zero-order valence-corrected chi connectivity index (χ0v) is 11.9. The van der Waals surface area contributed by atoms with Crippen LogP contribution in [0.15, 0.2) is 0 Å². The summed E-state index contributed by atoms with van der Waals surface area (Å²) in [6.07, 6.45) is 6.51. The first-order chi connectivity index (χ1) is 7.51. The van der Waals surface area contributed by atoms with Crippen LogP contribution in [-0.2, 0) is 0 Å². The van der Waals surface area contributed by atoms with Gasteiger partial charge >= 0.3 is 0 Å². The lowest BCUT2D eigenvalue weighted by molar-refractivity contribution is 0.295. The van der Waals surface area contributed by atoms with Crippen molar-refractivity contribution in [2.24, 2.45) is 17.2 Å². The first-order valence-corrected chi connectivity index (χ1v) is 7.70. The van der Waals surface area contributed by atoms with Gasteiger partial charge in [-0.05, 0) is 54.9 Å². The molecule has 1 rings (SSSR count). The molecule has 2 nitrogen and oxygen atoms in total. The van der Waals surface area contributed by atoms with Gasteiger partial charge in [0.25, 0.3) is 0 Å². The van der Waals surface area contributed by atoms with Gasteiger partial charge in [0.1, 0.15) is 0 Å². The average Bonchev–Trinajstić information content (AvgIpc) is 2.24. The Bertz CT molecular complexity index is 183. The third kappa shape index (κ3) is 6.12. The Kier molecular flexibility index (Phi) is 6.16. The zero-order valence-electron chi connectivity index (χ0n) is 11.1. The number of nitrogens with two attached hydrogens (primary N) is 1. The molecule has 1 heterocycles. The maximum atomic E-state index is 5.66. The van der Waals surface area contributed by atoms with Gasteiger partial charge in [0.2, 0.25) is 0 Å². The molecule has 96 valence electrons. The number of hydrogen-bond donors (Lipinski definition) is 2. The average molecular weight is 244 g/mol. The van der Waals surface area contributed by atoms with Crippen LogP contribution < -0.4 is 11.3 Å². The molecule has 0 radical (unpaired) electrons. The summed E-state index contributed by atoms with van der Waals surface area (Å²) in [5, 5.41) is 0. The maximum Gasteiger partial charge on any atom is 0.0213 e. The summed E-state index contributed by atoms with van der Waals surface area (Å²) in [6, 6.07) is 0.521. The molecular weight excluding hydrogens is 216 g/mol. The van der Waals surface area contributed by atoms with Crippen LogP contribution in [0.1, 0.15) is 52.9 Å². The van der Waals surface area contributed by atoms with Crippen molar-refractivity contribution in [1.29, 1.82) is 0 Å². The molecule has 1 aliphatic heterocycles. The molecule has 0 bridgehead atoms. The van der Waals surface area contributed by atoms with Crippen molar-refractivity contribution in [3.63, 3.8) is 0 Å². The largest absolute Gasteiger partial charge is 0.271 e. The summed E-state index contributed by atoms with van der Waals surface area (Å²) in [7, 11) is 0. The van der Waals surface area contributed by atoms with Crippen LogP contribution >= 0.6 is 11.8 Å². The first-order valence-electron chi connectivity index (χ1n) is 6.55. The fraction of sp³-hybridized carbons (Fsp3) is 1.00. The summed E-state index contributed by atoms with van der Waals surface area (Å²) in [5.74, 6) is 9.27. The van der Waals surface area contributed by atoms with Gasteiger partial charge in [-0.3, -0.25) is 11.3 Å². The van der Waals surface area contributed by atoms with Crippen molar-refractivity contribution in [3.05, 3.63) is 0 Å². The molecule has 0 spiro atoms. The molecule has 16 heavy (non-hydrogen) atoms. The van der Waals surface area contributed by atoms with Crippen molar-refractivity contribution in [2.75, 3.05) is 11.5 Å². The smallest absolute Gasteiger partial charge is 0.0213 e. The fourth-order valence-corrected chi connectivity index (χ4v) is 3.47. The Morgan fingerprint density at radius 3 is 2.44 bits per heavy atom. The van der Waals surface area contributed by atoms with Crippen LogP contribution in [0, 0.1) is 11.3 Å². The minimum Gasteiger partial charge on any atom is -0.271 e. The van der Waals surface area contributed by atoms with E-state index in [0.29, 0.717) is 11.5 Å². The van der Waals surface area contributed by atoms with E-state index in [1.54, 1.807) is 0 Å². The Balaban J connectivity index is 2.25. The summed E-state index contributed by atoms with van der Waals surface area (Å²) < 4.78 is 0. The predicted molar refractivity (Wildman–Crippen MR) is 74.5 cm³/mol. The number of hydrazine groups is 1. The van der Waals surface area contributed by atoms with E-state index in [4.69, 9.17) is 5.84 Å². The van der Waals surface area contributed by atoms with E-state index in [9.17, 15) is 0 Å². The van der Waals surface area contributed by atoms with Gasteiger partial charge < -0.3 is 0 Å². The van der Waals surface area contributed by atoms with E-state index in [2.05, 4.69) is 38.0 Å². The van der Waals surface area contributed by atoms with Gasteiger partial charge in [0.05, 0.1) is 0 Å². The number of nitrogens with one attached hydrogen (secondary N) is 1. The predicted octanol–water partition coefficient (Wildman–Crippen LogP) is 3.18. The van der Waals surface area contributed by atoms with E-state index >= 15 is 0 Å². The molecule has 1 aliphatic rings. The van der Waals surface area contributed by atoms with E-state index in [1.807, 2.05) is 0 Å². The van der Waals surface area contributed by atoms with Crippen LogP contribution in [0.25, 0.3) is 0 Å². The third-order valence-electron chi connectivity index (χ3n) is 3.44. The highest BCUT2D eigenvalue weighted by Gasteiger charge is 2.20. The summed E-state index contributed by atoms with van der Waals surface area (Å²) >= 11 is 2.10. The molecule has 0 aliphatic carbocycles. The van der Waals surface area contributed by atoms with Gasteiger partial charge in [-0.2, -0.15) is 11.8 Å². The van der Waals surface area contributed by atoms with Crippen LogP contribution in [0.3, 0.4) is 0 Å². The van der Waals surface area contributed by atoms with E-state index in [-0.39, 0.29) is 0 Å². The Labute approximate surface area is 105 Å². The minimum atomic E-state index is 0.428. The normalized spacial score (nSPS) is 21.0. The fourth-order valence-electron chi connectivity index (χ4n) is 2.26. The topological polar surface area (TPSA) is 38.0 Å². The van der Waals surface area contributed by atoms with Crippen molar-refractivity contribution in [2.45, 2.75) is 58.9 Å². The number of thioether (sulfide) groups is 1. The molecule has 1 unspecified atom stereocenters. The lowest BCUT2D eigenvalue weighted by Crippen LogP contribution is -2.37. The molecule has 1 atom stereocenters. The molecule has 1 fully saturated rings. The molecular formula is C13H28N2S. The third-order valence-corrected chi connectivity index (χ3v) is 4.49. The van der Waals surface area contributed by atoms with Gasteiger partial charge in [0.15, 0.2) is 0 Å². The standard InChI is InChI=1S/C13H28N2S/c1-13(2,3)7-4-12(15-14)10-11-5-8-16-9-6-11/h11-12,15H,4-10,14H2,1-3H3. The van der Waals surface area contributed by atoms with E-state index in [1.165, 1.54) is 43.6 Å². The molecule has 3 N–H and O–H groups in total. The summed E-state index contributed by atoms with van der Waals surface area (Å²) in [5.41, 5.74) is 3.44. The van der Waals surface area contributed by atoms with Gasteiger partial charge in [0, 0.05) is 6.04 Å². The Hall–Kier alpha value is 0.270. The summed E-state index contributed by atoms with van der Waals surface area (Å²) in [6.45, 7) is 6.91. The highest BCUT2D eigenvalue weighted by molar-refractivity contribution is 7.99. The first kappa shape index (κ1) is 14.3. The van der Waals surface area contributed by atoms with Crippen molar-refractivity contribution in [3.8, 4) is 0 Å². The van der Waals surface area contributed by atoms with Crippen LogP contribution in [0.4, 0.5) is 0 Å². The van der Waals surface area contributed by atoms with Crippen molar-refractivity contribution in [1.82, 2.24) is 5.43 Å². The molecule has 0 aromatic rings. The second kappa shape index (κ2) is 6.87. The second-order valence-corrected chi connectivity index (χ2v) is 7.48. The minimum absolute atomic E-state index is 0.428. The monoisotopic (exact) mass is 244 g/mol. The highest BCUT2D eigenvalue weighted by atomic mass is 32.2. The van der Waals surface area contributed by atoms with Gasteiger partial charge in [-0.25, -0.2) is 0 Å². The van der Waals surface area contributed by atoms with Gasteiger partial charge in [-0.15, -0.1) is 0 Å². The molecule has 3 heteroatoms. The second-order valence-electron chi connectivity index (χ2n) is 6.25. The van der Waals surface area contributed by atoms with Crippen molar-refractivity contribution < 1.29 is 0 Å². The van der Waals surface area contributed by atoms with E-state index in [0.717, 1.165) is 5.92 Å². The summed E-state index contributed by atoms with van der Waals surface area (Å²) in [4.78, 5) is 0. The molecule has 1 saturated heterocycles. The molecule has 0 saturated carbocycles. The Morgan fingerprint density at radius 1 is 1.31 bits per heavy atom. The lowest BCUT2D eigenvalue weighted by atomic mass is 9.85. The van der Waals surface area contributed by atoms with Crippen molar-refractivity contribution >= 4 is 11.8 Å². The number of rotatable bonds is 5. The highest BCUT2D eigenvalue weighted by Crippen LogP contribution is 2.29. The Morgan fingerprint density at radius 2 is 1.94 bits per heavy atom.